The van der Waals surface area contributed by atoms with Crippen LogP contribution in [-0.2, 0) is 4.79 Å². The van der Waals surface area contributed by atoms with Gasteiger partial charge in [-0.2, -0.15) is 5.01 Å². The van der Waals surface area contributed by atoms with Gasteiger partial charge in [0.25, 0.3) is 17.9 Å². The molecule has 1 aromatic heterocycles. The third-order valence-electron chi connectivity index (χ3n) is 5.08. The van der Waals surface area contributed by atoms with E-state index in [0.717, 1.165) is 11.3 Å². The molecule has 0 saturated heterocycles. The first-order valence-corrected chi connectivity index (χ1v) is 9.54. The van der Waals surface area contributed by atoms with Crippen molar-refractivity contribution < 1.29 is 14.3 Å². The number of benzene rings is 2. The number of pyridine rings is 1. The summed E-state index contributed by atoms with van der Waals surface area (Å²) in [5, 5.41) is 5.91. The Morgan fingerprint density at radius 1 is 1.03 bits per heavy atom. The number of H-pyrrole nitrogens is 1. The quantitative estimate of drug-likeness (QED) is 0.633. The van der Waals surface area contributed by atoms with E-state index in [0.29, 0.717) is 34.3 Å². The Hall–Kier alpha value is -4.20. The predicted molar refractivity (Wildman–Crippen MR) is 117 cm³/mol. The van der Waals surface area contributed by atoms with Gasteiger partial charge >= 0.3 is 0 Å². The van der Waals surface area contributed by atoms with Crippen LogP contribution in [0.1, 0.15) is 21.5 Å². The SMILES string of the molecule is Cc1c2c([nH]c(=O)/c1=C\c1ccc(N(C)C)cc1)=NN(c1ccc(OC=O)cc1)C2=O. The van der Waals surface area contributed by atoms with Gasteiger partial charge in [0.05, 0.1) is 11.3 Å². The number of carbonyl (C=O) groups excluding carboxylic acids is 2. The number of anilines is 2. The van der Waals surface area contributed by atoms with Crippen molar-refractivity contribution in [3.63, 3.8) is 0 Å². The molecule has 0 spiro atoms. The number of carbonyl (C=O) groups is 2. The largest absolute Gasteiger partial charge is 0.429 e. The fourth-order valence-electron chi connectivity index (χ4n) is 3.41. The van der Waals surface area contributed by atoms with Crippen molar-refractivity contribution in [1.82, 2.24) is 4.98 Å². The van der Waals surface area contributed by atoms with Crippen molar-refractivity contribution in [1.29, 1.82) is 0 Å². The van der Waals surface area contributed by atoms with E-state index in [4.69, 9.17) is 4.74 Å². The Morgan fingerprint density at radius 2 is 1.71 bits per heavy atom. The van der Waals surface area contributed by atoms with Crippen LogP contribution in [0.15, 0.2) is 58.4 Å². The first-order valence-electron chi connectivity index (χ1n) is 9.54. The van der Waals surface area contributed by atoms with E-state index in [1.54, 1.807) is 37.3 Å². The van der Waals surface area contributed by atoms with E-state index >= 15 is 0 Å². The van der Waals surface area contributed by atoms with E-state index in [2.05, 4.69) is 10.1 Å². The molecule has 0 atom stereocenters. The molecule has 0 bridgehead atoms. The zero-order valence-corrected chi connectivity index (χ0v) is 17.2. The maximum Gasteiger partial charge on any atom is 0.298 e. The number of amides is 1. The van der Waals surface area contributed by atoms with Crippen LogP contribution in [0.3, 0.4) is 0 Å². The van der Waals surface area contributed by atoms with Crippen LogP contribution in [0.2, 0.25) is 0 Å². The van der Waals surface area contributed by atoms with E-state index in [9.17, 15) is 14.4 Å². The van der Waals surface area contributed by atoms with Gasteiger partial charge in [-0.1, -0.05) is 12.1 Å². The summed E-state index contributed by atoms with van der Waals surface area (Å²) in [6.45, 7) is 2.07. The van der Waals surface area contributed by atoms with Gasteiger partial charge in [0.2, 0.25) is 0 Å². The topological polar surface area (TPSA) is 95.1 Å². The molecule has 156 valence electrons. The zero-order chi connectivity index (χ0) is 22.1. The minimum Gasteiger partial charge on any atom is -0.429 e. The molecule has 0 aliphatic carbocycles. The fourth-order valence-corrected chi connectivity index (χ4v) is 3.41. The fraction of sp³-hybridized carbons (Fsp3) is 0.130. The van der Waals surface area contributed by atoms with Crippen LogP contribution in [0, 0.1) is 6.92 Å². The first-order chi connectivity index (χ1) is 14.9. The van der Waals surface area contributed by atoms with Crippen molar-refractivity contribution in [2.45, 2.75) is 6.92 Å². The van der Waals surface area contributed by atoms with Gasteiger partial charge in [-0.25, -0.2) is 0 Å². The molecule has 2 heterocycles. The molecule has 1 N–H and O–H groups in total. The van der Waals surface area contributed by atoms with Gasteiger partial charge in [0.15, 0.2) is 5.49 Å². The van der Waals surface area contributed by atoms with E-state index < -0.39 is 0 Å². The molecule has 1 aliphatic heterocycles. The Labute approximate surface area is 177 Å². The van der Waals surface area contributed by atoms with Gasteiger partial charge in [-0.15, -0.1) is 5.10 Å². The van der Waals surface area contributed by atoms with Gasteiger partial charge in [-0.3, -0.25) is 14.4 Å². The zero-order valence-electron chi connectivity index (χ0n) is 17.2. The molecular weight excluding hydrogens is 396 g/mol. The minimum atomic E-state index is -0.342. The summed E-state index contributed by atoms with van der Waals surface area (Å²) in [5.74, 6) is 0.00933. The average Bonchev–Trinajstić information content (AvgIpc) is 3.08. The highest BCUT2D eigenvalue weighted by molar-refractivity contribution is 6.07. The number of aromatic amines is 1. The molecule has 2 aromatic carbocycles. The van der Waals surface area contributed by atoms with Crippen molar-refractivity contribution >= 4 is 29.8 Å². The molecule has 4 rings (SSSR count). The van der Waals surface area contributed by atoms with Crippen molar-refractivity contribution in [3.05, 3.63) is 86.3 Å². The lowest BCUT2D eigenvalue weighted by Crippen LogP contribution is -2.38. The van der Waals surface area contributed by atoms with Gasteiger partial charge in [0, 0.05) is 25.0 Å². The van der Waals surface area contributed by atoms with Crippen molar-refractivity contribution in [3.8, 4) is 5.75 Å². The number of hydrogen-bond donors (Lipinski definition) is 1. The highest BCUT2D eigenvalue weighted by atomic mass is 16.5. The Morgan fingerprint density at radius 3 is 2.32 bits per heavy atom. The van der Waals surface area contributed by atoms with E-state index in [1.807, 2.05) is 43.3 Å². The third-order valence-corrected chi connectivity index (χ3v) is 5.08. The summed E-state index contributed by atoms with van der Waals surface area (Å²) in [5.41, 5.74) is 3.21. The predicted octanol–water partition coefficient (Wildman–Crippen LogP) is 1.31. The average molecular weight is 416 g/mol. The highest BCUT2D eigenvalue weighted by Gasteiger charge is 2.28. The Balaban J connectivity index is 1.74. The first kappa shape index (κ1) is 20.1. The van der Waals surface area contributed by atoms with Crippen LogP contribution >= 0.6 is 0 Å². The molecule has 8 heteroatoms. The van der Waals surface area contributed by atoms with Crippen LogP contribution in [0.5, 0.6) is 5.75 Å². The summed E-state index contributed by atoms with van der Waals surface area (Å²) in [4.78, 5) is 40.9. The number of fused-ring (bicyclic) bond motifs is 1. The molecular formula is C23H20N4O4. The highest BCUT2D eigenvalue weighted by Crippen LogP contribution is 2.23. The van der Waals surface area contributed by atoms with Gasteiger partial charge in [0.1, 0.15) is 5.75 Å². The number of rotatable bonds is 5. The Kier molecular flexibility index (Phi) is 5.12. The smallest absolute Gasteiger partial charge is 0.298 e. The molecule has 8 nitrogen and oxygen atoms in total. The number of hydrogen-bond acceptors (Lipinski definition) is 6. The van der Waals surface area contributed by atoms with Crippen LogP contribution in [-0.4, -0.2) is 31.5 Å². The third kappa shape index (κ3) is 3.71. The van der Waals surface area contributed by atoms with Gasteiger partial charge < -0.3 is 14.6 Å². The minimum absolute atomic E-state index is 0.223. The normalized spacial score (nSPS) is 13.1. The molecule has 31 heavy (non-hydrogen) atoms. The number of aromatic nitrogens is 1. The lowest BCUT2D eigenvalue weighted by molar-refractivity contribution is -0.120. The number of nitrogens with zero attached hydrogens (tertiary/aromatic N) is 3. The second-order valence-corrected chi connectivity index (χ2v) is 7.27. The summed E-state index contributed by atoms with van der Waals surface area (Å²) >= 11 is 0. The summed E-state index contributed by atoms with van der Waals surface area (Å²) in [7, 11) is 3.91. The maximum absolute atomic E-state index is 13.1. The molecule has 0 unspecified atom stereocenters. The lowest BCUT2D eigenvalue weighted by Gasteiger charge is -2.12. The molecule has 0 saturated carbocycles. The van der Waals surface area contributed by atoms with Crippen LogP contribution in [0.4, 0.5) is 11.4 Å². The van der Waals surface area contributed by atoms with E-state index in [1.165, 1.54) is 5.01 Å². The monoisotopic (exact) mass is 416 g/mol. The molecule has 1 aliphatic rings. The Bertz CT molecular complexity index is 1340. The molecule has 0 radical (unpaired) electrons. The summed E-state index contributed by atoms with van der Waals surface area (Å²) in [6, 6.07) is 14.1. The van der Waals surface area contributed by atoms with Crippen LogP contribution < -0.4 is 30.9 Å². The second-order valence-electron chi connectivity index (χ2n) is 7.27. The lowest BCUT2D eigenvalue weighted by atomic mass is 10.1. The molecule has 0 fully saturated rings. The maximum atomic E-state index is 13.1. The number of nitrogens with one attached hydrogen (secondary N) is 1. The number of ether oxygens (including phenoxy) is 1. The summed E-state index contributed by atoms with van der Waals surface area (Å²) < 4.78 is 4.77. The summed E-state index contributed by atoms with van der Waals surface area (Å²) in [6.07, 6.45) is 1.76. The van der Waals surface area contributed by atoms with Crippen molar-refractivity contribution in [2.24, 2.45) is 5.10 Å². The molecule has 3 aromatic rings. The standard InChI is InChI=1S/C23H20N4O4/c1-14-19(12-15-4-6-16(7-5-15)26(2)3)22(29)24-21-20(14)23(30)27(25-21)17-8-10-18(11-9-17)31-13-28/h4-13H,1-3H3,(H,24,25,29)/b19-12-. The van der Waals surface area contributed by atoms with E-state index in [-0.39, 0.29) is 17.0 Å². The van der Waals surface area contributed by atoms with Gasteiger partial charge in [-0.05, 0) is 60.5 Å². The van der Waals surface area contributed by atoms with Crippen molar-refractivity contribution in [2.75, 3.05) is 24.0 Å². The second kappa shape index (κ2) is 7.91. The van der Waals surface area contributed by atoms with Crippen LogP contribution in [0.25, 0.3) is 6.08 Å². The molecule has 1 amide bonds.